The minimum absolute atomic E-state index is 0.0590. The molecule has 5 heteroatoms. The Kier molecular flexibility index (Phi) is 6.74. The molecule has 82 valence electrons. The van der Waals surface area contributed by atoms with Crippen molar-refractivity contribution in [1.29, 1.82) is 0 Å². The summed E-state index contributed by atoms with van der Waals surface area (Å²) in [7, 11) is 0. The minimum Gasteiger partial charge on any atom is -0.466 e. The summed E-state index contributed by atoms with van der Waals surface area (Å²) < 4.78 is 14.4. The molecule has 1 unspecified atom stereocenters. The van der Waals surface area contributed by atoms with Crippen LogP contribution < -0.4 is 0 Å². The average molecular weight is 204 g/mol. The molecule has 0 aromatic rings. The number of ether oxygens (including phenoxy) is 3. The largest absolute Gasteiger partial charge is 0.466 e. The molecule has 0 aliphatic heterocycles. The van der Waals surface area contributed by atoms with Crippen molar-refractivity contribution in [2.45, 2.75) is 33.3 Å². The highest BCUT2D eigenvalue weighted by atomic mass is 16.7. The zero-order valence-corrected chi connectivity index (χ0v) is 8.74. The summed E-state index contributed by atoms with van der Waals surface area (Å²) in [6.07, 6.45) is 0.481. The maximum atomic E-state index is 10.4. The van der Waals surface area contributed by atoms with Crippen molar-refractivity contribution in [2.75, 3.05) is 13.4 Å². The maximum absolute atomic E-state index is 10.4. The Hall–Kier alpha value is -1.10. The maximum Gasteiger partial charge on any atom is 0.304 e. The number of rotatable bonds is 6. The van der Waals surface area contributed by atoms with Gasteiger partial charge in [0, 0.05) is 20.3 Å². The summed E-state index contributed by atoms with van der Waals surface area (Å²) in [5.74, 6) is -0.686. The molecule has 5 nitrogen and oxygen atoms in total. The van der Waals surface area contributed by atoms with Gasteiger partial charge in [-0.2, -0.15) is 0 Å². The quantitative estimate of drug-likeness (QED) is 0.474. The van der Waals surface area contributed by atoms with Crippen LogP contribution in [0.3, 0.4) is 0 Å². The van der Waals surface area contributed by atoms with E-state index < -0.39 is 0 Å². The molecular weight excluding hydrogens is 188 g/mol. The summed E-state index contributed by atoms with van der Waals surface area (Å²) in [6, 6.07) is 0. The second-order valence-electron chi connectivity index (χ2n) is 2.86. The van der Waals surface area contributed by atoms with E-state index in [4.69, 9.17) is 9.47 Å². The summed E-state index contributed by atoms with van der Waals surface area (Å²) in [5, 5.41) is 0. The third-order valence-corrected chi connectivity index (χ3v) is 1.44. The highest BCUT2D eigenvalue weighted by Gasteiger charge is 2.03. The number of hydrogen-bond acceptors (Lipinski definition) is 5. The molecule has 0 spiro atoms. The van der Waals surface area contributed by atoms with E-state index in [9.17, 15) is 9.59 Å². The normalized spacial score (nSPS) is 11.9. The fourth-order valence-electron chi connectivity index (χ4n) is 0.685. The van der Waals surface area contributed by atoms with Gasteiger partial charge in [-0.1, -0.05) is 0 Å². The first-order chi connectivity index (χ1) is 6.52. The van der Waals surface area contributed by atoms with Crippen molar-refractivity contribution in [3.8, 4) is 0 Å². The zero-order chi connectivity index (χ0) is 11.0. The van der Waals surface area contributed by atoms with E-state index in [2.05, 4.69) is 4.74 Å². The van der Waals surface area contributed by atoms with E-state index in [1.165, 1.54) is 13.8 Å². The first-order valence-electron chi connectivity index (χ1n) is 4.40. The predicted octanol–water partition coefficient (Wildman–Crippen LogP) is 0.865. The molecule has 0 rings (SSSR count). The first kappa shape index (κ1) is 12.9. The third kappa shape index (κ3) is 8.99. The van der Waals surface area contributed by atoms with Crippen LogP contribution in [-0.2, 0) is 23.8 Å². The van der Waals surface area contributed by atoms with E-state index in [0.717, 1.165) is 0 Å². The monoisotopic (exact) mass is 204 g/mol. The van der Waals surface area contributed by atoms with Crippen molar-refractivity contribution in [2.24, 2.45) is 0 Å². The summed E-state index contributed by atoms with van der Waals surface area (Å²) in [6.45, 7) is 4.73. The minimum atomic E-state index is -0.378. The Morgan fingerprint density at radius 3 is 2.21 bits per heavy atom. The Balaban J connectivity index is 3.32. The number of carbonyl (C=O) groups excluding carboxylic acids is 2. The third-order valence-electron chi connectivity index (χ3n) is 1.44. The van der Waals surface area contributed by atoms with E-state index in [0.29, 0.717) is 13.0 Å². The summed E-state index contributed by atoms with van der Waals surface area (Å²) in [4.78, 5) is 20.8. The van der Waals surface area contributed by atoms with Gasteiger partial charge in [0.05, 0.1) is 12.7 Å². The number of carbonyl (C=O) groups is 2. The smallest absolute Gasteiger partial charge is 0.304 e. The van der Waals surface area contributed by atoms with E-state index in [-0.39, 0.29) is 24.8 Å². The van der Waals surface area contributed by atoms with Gasteiger partial charge in [0.2, 0.25) is 0 Å². The molecule has 0 bridgehead atoms. The van der Waals surface area contributed by atoms with Crippen LogP contribution in [0, 0.1) is 0 Å². The van der Waals surface area contributed by atoms with Gasteiger partial charge in [-0.25, -0.2) is 0 Å². The van der Waals surface area contributed by atoms with Crippen molar-refractivity contribution in [1.82, 2.24) is 0 Å². The number of esters is 2. The molecule has 14 heavy (non-hydrogen) atoms. The zero-order valence-electron chi connectivity index (χ0n) is 8.74. The standard InChI is InChI=1S/C9H16O5/c1-7(4-5-12-8(2)10)13-6-14-9(3)11/h7H,4-6H2,1-3H3. The molecule has 0 saturated heterocycles. The Labute approximate surface area is 83.3 Å². The Morgan fingerprint density at radius 1 is 1.14 bits per heavy atom. The highest BCUT2D eigenvalue weighted by molar-refractivity contribution is 5.66. The SMILES string of the molecule is CC(=O)OCCC(C)OCOC(C)=O. The molecule has 1 atom stereocenters. The first-order valence-corrected chi connectivity index (χ1v) is 4.40. The van der Waals surface area contributed by atoms with Gasteiger partial charge in [0.15, 0.2) is 6.79 Å². The van der Waals surface area contributed by atoms with Crippen LogP contribution in [0.1, 0.15) is 27.2 Å². The Bertz CT molecular complexity index is 170. The fourth-order valence-corrected chi connectivity index (χ4v) is 0.685. The van der Waals surface area contributed by atoms with Crippen LogP contribution >= 0.6 is 0 Å². The molecular formula is C9H16O5. The lowest BCUT2D eigenvalue weighted by Gasteiger charge is -2.12. The lowest BCUT2D eigenvalue weighted by atomic mass is 10.3. The number of hydrogen-bond donors (Lipinski definition) is 0. The molecule has 0 radical (unpaired) electrons. The van der Waals surface area contributed by atoms with Gasteiger partial charge < -0.3 is 14.2 Å². The Morgan fingerprint density at radius 2 is 1.71 bits per heavy atom. The van der Waals surface area contributed by atoms with E-state index in [1.807, 2.05) is 6.92 Å². The molecule has 0 aromatic heterocycles. The second kappa shape index (κ2) is 7.32. The van der Waals surface area contributed by atoms with Crippen molar-refractivity contribution in [3.05, 3.63) is 0 Å². The molecule has 0 amide bonds. The van der Waals surface area contributed by atoms with Crippen molar-refractivity contribution in [3.63, 3.8) is 0 Å². The molecule has 0 saturated carbocycles. The van der Waals surface area contributed by atoms with Gasteiger partial charge >= 0.3 is 11.9 Å². The average Bonchev–Trinajstić information content (AvgIpc) is 2.02. The summed E-state index contributed by atoms with van der Waals surface area (Å²) in [5.41, 5.74) is 0. The topological polar surface area (TPSA) is 61.8 Å². The van der Waals surface area contributed by atoms with E-state index in [1.54, 1.807) is 0 Å². The van der Waals surface area contributed by atoms with Gasteiger partial charge in [0.25, 0.3) is 0 Å². The molecule has 0 aliphatic rings. The fraction of sp³-hybridized carbons (Fsp3) is 0.778. The van der Waals surface area contributed by atoms with Gasteiger partial charge in [-0.05, 0) is 6.92 Å². The lowest BCUT2D eigenvalue weighted by Crippen LogP contribution is -2.16. The van der Waals surface area contributed by atoms with Gasteiger partial charge in [0.1, 0.15) is 0 Å². The van der Waals surface area contributed by atoms with Gasteiger partial charge in [-0.15, -0.1) is 0 Å². The molecule has 0 aromatic carbocycles. The van der Waals surface area contributed by atoms with Crippen molar-refractivity contribution >= 4 is 11.9 Å². The van der Waals surface area contributed by atoms with Gasteiger partial charge in [-0.3, -0.25) is 9.59 Å². The van der Waals surface area contributed by atoms with Crippen LogP contribution in [0.15, 0.2) is 0 Å². The van der Waals surface area contributed by atoms with Crippen LogP contribution in [0.4, 0.5) is 0 Å². The highest BCUT2D eigenvalue weighted by Crippen LogP contribution is 1.98. The molecule has 0 aliphatic carbocycles. The lowest BCUT2D eigenvalue weighted by molar-refractivity contribution is -0.158. The van der Waals surface area contributed by atoms with Crippen LogP contribution in [-0.4, -0.2) is 31.4 Å². The molecule has 0 heterocycles. The summed E-state index contributed by atoms with van der Waals surface area (Å²) >= 11 is 0. The predicted molar refractivity (Wildman–Crippen MR) is 48.4 cm³/mol. The van der Waals surface area contributed by atoms with Crippen LogP contribution in [0.2, 0.25) is 0 Å². The van der Waals surface area contributed by atoms with Crippen LogP contribution in [0.25, 0.3) is 0 Å². The molecule has 0 N–H and O–H groups in total. The van der Waals surface area contributed by atoms with Crippen molar-refractivity contribution < 1.29 is 23.8 Å². The van der Waals surface area contributed by atoms with Crippen LogP contribution in [0.5, 0.6) is 0 Å². The molecule has 0 fully saturated rings. The second-order valence-corrected chi connectivity index (χ2v) is 2.86. The van der Waals surface area contributed by atoms with E-state index >= 15 is 0 Å².